The monoisotopic (exact) mass is 637 g/mol. The van der Waals surface area contributed by atoms with Gasteiger partial charge in [0, 0.05) is 17.9 Å². The molecule has 0 bridgehead atoms. The molecule has 43 heavy (non-hydrogen) atoms. The average molecular weight is 638 g/mol. The third-order valence-electron chi connectivity index (χ3n) is 7.88. The van der Waals surface area contributed by atoms with Crippen molar-refractivity contribution in [3.63, 3.8) is 0 Å². The standard InChI is InChI=1S/C32H40F4N3O2PS/c1-5-39(23-9-6-10-23)18-16-22(21-33)38-28-12-7-11-25-26(20-32(34,35)36)30(43-31(25)28)13-8-17-37-27-15-14-24(42(3,4)40)19-29(27)41-2/h7,11-12,14-15,19,22-23,37-38H,5-6,9-10,16-18,20-21H2,1-4H3. The summed E-state index contributed by atoms with van der Waals surface area (Å²) in [5.74, 6) is 6.41. The first-order chi connectivity index (χ1) is 20.4. The van der Waals surface area contributed by atoms with E-state index in [1.54, 1.807) is 49.7 Å². The largest absolute Gasteiger partial charge is 0.495 e. The molecule has 2 N–H and O–H groups in total. The Morgan fingerprint density at radius 1 is 1.19 bits per heavy atom. The molecular formula is C32H40F4N3O2PS. The molecule has 1 fully saturated rings. The van der Waals surface area contributed by atoms with Crippen LogP contribution in [0.2, 0.25) is 0 Å². The molecule has 0 saturated heterocycles. The second-order valence-corrected chi connectivity index (χ2v) is 15.5. The second-order valence-electron chi connectivity index (χ2n) is 11.3. The molecule has 1 unspecified atom stereocenters. The Hall–Kier alpha value is -2.73. The van der Waals surface area contributed by atoms with E-state index in [0.717, 1.165) is 13.1 Å². The van der Waals surface area contributed by atoms with Gasteiger partial charge in [-0.2, -0.15) is 13.2 Å². The number of hydrogen-bond donors (Lipinski definition) is 2. The number of rotatable bonds is 13. The summed E-state index contributed by atoms with van der Waals surface area (Å²) >= 11 is 1.20. The molecule has 4 rings (SSSR count). The van der Waals surface area contributed by atoms with E-state index < -0.39 is 32.5 Å². The van der Waals surface area contributed by atoms with Crippen molar-refractivity contribution in [3.8, 4) is 17.6 Å². The van der Waals surface area contributed by atoms with Gasteiger partial charge in [-0.3, -0.25) is 0 Å². The topological polar surface area (TPSA) is 53.6 Å². The molecule has 0 spiro atoms. The van der Waals surface area contributed by atoms with Crippen LogP contribution in [0.3, 0.4) is 0 Å². The van der Waals surface area contributed by atoms with Gasteiger partial charge in [-0.05, 0) is 74.4 Å². The molecule has 1 heterocycles. The van der Waals surface area contributed by atoms with E-state index in [0.29, 0.717) is 49.9 Å². The minimum Gasteiger partial charge on any atom is -0.495 e. The summed E-state index contributed by atoms with van der Waals surface area (Å²) in [4.78, 5) is 2.72. The summed E-state index contributed by atoms with van der Waals surface area (Å²) in [5, 5.41) is 7.58. The van der Waals surface area contributed by atoms with Gasteiger partial charge in [-0.15, -0.1) is 11.3 Å². The van der Waals surface area contributed by atoms with Crippen LogP contribution < -0.4 is 20.7 Å². The van der Waals surface area contributed by atoms with E-state index in [2.05, 4.69) is 34.3 Å². The van der Waals surface area contributed by atoms with Gasteiger partial charge in [0.2, 0.25) is 0 Å². The normalized spacial score (nSPS) is 14.7. The van der Waals surface area contributed by atoms with E-state index in [1.807, 2.05) is 0 Å². The van der Waals surface area contributed by atoms with Crippen LogP contribution in [-0.2, 0) is 11.0 Å². The van der Waals surface area contributed by atoms with Crippen molar-refractivity contribution in [2.45, 2.75) is 57.3 Å². The fourth-order valence-corrected chi connectivity index (χ4v) is 7.30. The minimum absolute atomic E-state index is 0.131. The zero-order valence-electron chi connectivity index (χ0n) is 25.1. The number of anilines is 2. The third-order valence-corrected chi connectivity index (χ3v) is 10.6. The zero-order valence-corrected chi connectivity index (χ0v) is 26.8. The number of ether oxygens (including phenoxy) is 1. The van der Waals surface area contributed by atoms with Crippen LogP contribution >= 0.6 is 18.5 Å². The number of hydrogen-bond acceptors (Lipinski definition) is 6. The molecule has 1 saturated carbocycles. The predicted molar refractivity (Wildman–Crippen MR) is 172 cm³/mol. The first kappa shape index (κ1) is 33.2. The highest BCUT2D eigenvalue weighted by Gasteiger charge is 2.31. The van der Waals surface area contributed by atoms with Crippen LogP contribution in [0.25, 0.3) is 10.1 Å². The Morgan fingerprint density at radius 3 is 2.56 bits per heavy atom. The number of benzene rings is 2. The van der Waals surface area contributed by atoms with Crippen molar-refractivity contribution in [3.05, 3.63) is 46.8 Å². The van der Waals surface area contributed by atoms with Crippen LogP contribution in [0.4, 0.5) is 28.9 Å². The van der Waals surface area contributed by atoms with E-state index >= 15 is 0 Å². The van der Waals surface area contributed by atoms with Crippen molar-refractivity contribution >= 4 is 45.2 Å². The van der Waals surface area contributed by atoms with Crippen molar-refractivity contribution in [1.29, 1.82) is 0 Å². The molecule has 1 atom stereocenters. The van der Waals surface area contributed by atoms with E-state index in [9.17, 15) is 22.1 Å². The average Bonchev–Trinajstić information content (AvgIpc) is 3.27. The minimum atomic E-state index is -4.41. The van der Waals surface area contributed by atoms with Crippen LogP contribution in [0.5, 0.6) is 5.75 Å². The Bertz CT molecular complexity index is 1500. The fourth-order valence-electron chi connectivity index (χ4n) is 5.27. The highest BCUT2D eigenvalue weighted by molar-refractivity contribution is 7.70. The number of methoxy groups -OCH3 is 1. The van der Waals surface area contributed by atoms with Gasteiger partial charge in [0.25, 0.3) is 0 Å². The third kappa shape index (κ3) is 8.68. The smallest absolute Gasteiger partial charge is 0.393 e. The van der Waals surface area contributed by atoms with Gasteiger partial charge >= 0.3 is 6.18 Å². The maximum atomic E-state index is 14.1. The molecule has 3 aromatic rings. The molecule has 5 nitrogen and oxygen atoms in total. The molecule has 234 valence electrons. The first-order valence-electron chi connectivity index (χ1n) is 14.6. The Balaban J connectivity index is 1.55. The van der Waals surface area contributed by atoms with Crippen molar-refractivity contribution in [1.82, 2.24) is 4.90 Å². The number of nitrogens with zero attached hydrogens (tertiary/aromatic N) is 1. The molecule has 11 heteroatoms. The number of fused-ring (bicyclic) bond motifs is 1. The van der Waals surface area contributed by atoms with Crippen LogP contribution in [0.1, 0.15) is 43.0 Å². The SMILES string of the molecule is CCN(CCC(CF)Nc1cccc2c(CC(F)(F)F)c(C#CCNc3ccc(P(C)(C)=O)cc3OC)sc12)C1CCC1. The second kappa shape index (κ2) is 14.4. The summed E-state index contributed by atoms with van der Waals surface area (Å²) in [7, 11) is -0.956. The number of halogens is 4. The Morgan fingerprint density at radius 2 is 1.95 bits per heavy atom. The molecule has 1 aromatic heterocycles. The van der Waals surface area contributed by atoms with Gasteiger partial charge < -0.3 is 24.8 Å². The van der Waals surface area contributed by atoms with Gasteiger partial charge in [0.15, 0.2) is 0 Å². The summed E-state index contributed by atoms with van der Waals surface area (Å²) < 4.78 is 73.6. The fraction of sp³-hybridized carbons (Fsp3) is 0.500. The molecular weight excluding hydrogens is 597 g/mol. The lowest BCUT2D eigenvalue weighted by Gasteiger charge is -2.37. The lowest BCUT2D eigenvalue weighted by atomic mass is 9.91. The maximum absolute atomic E-state index is 14.1. The number of thiophene rings is 1. The zero-order chi connectivity index (χ0) is 31.2. The lowest BCUT2D eigenvalue weighted by Crippen LogP contribution is -2.42. The lowest BCUT2D eigenvalue weighted by molar-refractivity contribution is -0.126. The quantitative estimate of drug-likeness (QED) is 0.114. The van der Waals surface area contributed by atoms with E-state index in [1.165, 1.54) is 37.7 Å². The molecule has 1 aliphatic rings. The van der Waals surface area contributed by atoms with Gasteiger partial charge in [-0.1, -0.05) is 37.3 Å². The Labute approximate surface area is 255 Å². The van der Waals surface area contributed by atoms with Crippen molar-refractivity contribution in [2.75, 3.05) is 57.4 Å². The van der Waals surface area contributed by atoms with Crippen LogP contribution in [0.15, 0.2) is 36.4 Å². The molecule has 0 amide bonds. The van der Waals surface area contributed by atoms with E-state index in [4.69, 9.17) is 4.74 Å². The number of nitrogens with one attached hydrogen (secondary N) is 2. The maximum Gasteiger partial charge on any atom is 0.393 e. The van der Waals surface area contributed by atoms with E-state index in [-0.39, 0.29) is 12.1 Å². The van der Waals surface area contributed by atoms with Crippen molar-refractivity contribution < 1.29 is 26.9 Å². The summed E-state index contributed by atoms with van der Waals surface area (Å²) in [5.41, 5.74) is 1.40. The van der Waals surface area contributed by atoms with Crippen LogP contribution in [-0.4, -0.2) is 69.9 Å². The Kier molecular flexibility index (Phi) is 11.1. The molecule has 0 radical (unpaired) electrons. The summed E-state index contributed by atoms with van der Waals surface area (Å²) in [6.07, 6.45) is -1.31. The van der Waals surface area contributed by atoms with Gasteiger partial charge in [0.1, 0.15) is 19.6 Å². The summed E-state index contributed by atoms with van der Waals surface area (Å²) in [6, 6.07) is 10.5. The van der Waals surface area contributed by atoms with Gasteiger partial charge in [-0.25, -0.2) is 4.39 Å². The predicted octanol–water partition coefficient (Wildman–Crippen LogP) is 7.74. The molecule has 2 aromatic carbocycles. The van der Waals surface area contributed by atoms with Crippen molar-refractivity contribution in [2.24, 2.45) is 0 Å². The highest BCUT2D eigenvalue weighted by Crippen LogP contribution is 2.40. The first-order valence-corrected chi connectivity index (χ1v) is 18.0. The molecule has 0 aliphatic heterocycles. The highest BCUT2D eigenvalue weighted by atomic mass is 32.1. The summed E-state index contributed by atoms with van der Waals surface area (Å²) in [6.45, 7) is 6.75. The number of alkyl halides is 4. The van der Waals surface area contributed by atoms with Gasteiger partial charge in [0.05, 0.1) is 47.1 Å². The van der Waals surface area contributed by atoms with Crippen LogP contribution in [0, 0.1) is 11.8 Å². The molecule has 1 aliphatic carbocycles.